The van der Waals surface area contributed by atoms with Crippen molar-refractivity contribution in [3.63, 3.8) is 0 Å². The first-order valence-corrected chi connectivity index (χ1v) is 10.6. The number of allylic oxidation sites excluding steroid dienone is 1. The zero-order valence-electron chi connectivity index (χ0n) is 18.8. The summed E-state index contributed by atoms with van der Waals surface area (Å²) in [5.41, 5.74) is 0.981. The monoisotopic (exact) mass is 485 g/mol. The van der Waals surface area contributed by atoms with Gasteiger partial charge in [-0.1, -0.05) is 24.3 Å². The Hall–Kier alpha value is -3.98. The molecule has 9 nitrogen and oxygen atoms in total. The van der Waals surface area contributed by atoms with E-state index in [0.29, 0.717) is 17.0 Å². The molecule has 0 saturated heterocycles. The quantitative estimate of drug-likeness (QED) is 0.519. The minimum atomic E-state index is -0.768. The number of hydrogen-bond donors (Lipinski definition) is 3. The van der Waals surface area contributed by atoms with Crippen LogP contribution in [0.3, 0.4) is 0 Å². The number of imide groups is 1. The molecule has 0 radical (unpaired) electrons. The molecular weight excluding hydrogens is 462 g/mol. The number of rotatable bonds is 7. The normalized spacial score (nSPS) is 16.6. The Morgan fingerprint density at radius 2 is 1.53 bits per heavy atom. The van der Waals surface area contributed by atoms with E-state index in [4.69, 9.17) is 25.8 Å². The van der Waals surface area contributed by atoms with Crippen LogP contribution in [-0.4, -0.2) is 50.6 Å². The second kappa shape index (κ2) is 11.2. The number of urea groups is 1. The van der Waals surface area contributed by atoms with E-state index in [1.54, 1.807) is 42.5 Å². The van der Waals surface area contributed by atoms with E-state index in [0.717, 1.165) is 0 Å². The van der Waals surface area contributed by atoms with Gasteiger partial charge in [-0.15, -0.1) is 11.6 Å². The van der Waals surface area contributed by atoms with E-state index >= 15 is 0 Å². The maximum Gasteiger partial charge on any atom is 0.326 e. The first kappa shape index (κ1) is 24.7. The minimum absolute atomic E-state index is 0.131. The first-order valence-electron chi connectivity index (χ1n) is 10.2. The summed E-state index contributed by atoms with van der Waals surface area (Å²) in [5, 5.41) is 7.11. The second-order valence-corrected chi connectivity index (χ2v) is 7.62. The van der Waals surface area contributed by atoms with E-state index in [9.17, 15) is 14.4 Å². The number of benzene rings is 2. The molecule has 0 aromatic heterocycles. The number of ether oxygens (including phenoxy) is 3. The fourth-order valence-electron chi connectivity index (χ4n) is 3.23. The number of halogens is 1. The van der Waals surface area contributed by atoms with Gasteiger partial charge < -0.3 is 24.8 Å². The molecule has 2 aromatic rings. The number of hydrogen-bond acceptors (Lipinski definition) is 6. The highest BCUT2D eigenvalue weighted by molar-refractivity contribution is 6.22. The van der Waals surface area contributed by atoms with Gasteiger partial charge in [-0.3, -0.25) is 14.9 Å². The van der Waals surface area contributed by atoms with Crippen LogP contribution in [0.15, 0.2) is 66.4 Å². The van der Waals surface area contributed by atoms with Gasteiger partial charge in [0.25, 0.3) is 11.8 Å². The van der Waals surface area contributed by atoms with Crippen molar-refractivity contribution in [1.29, 1.82) is 0 Å². The number of amides is 4. The fraction of sp³-hybridized carbons (Fsp3) is 0.208. The SMILES string of the molecule is COc1cc(C(=O)NC(=O)NC2=CC(NC(=O)c3ccccc3)C(Cl)C=C2)cc(OC)c1OC. The number of methoxy groups -OCH3 is 3. The van der Waals surface area contributed by atoms with Crippen molar-refractivity contribution >= 4 is 29.4 Å². The number of alkyl halides is 1. The van der Waals surface area contributed by atoms with Crippen molar-refractivity contribution in [2.45, 2.75) is 11.4 Å². The summed E-state index contributed by atoms with van der Waals surface area (Å²) in [6.07, 6.45) is 4.82. The Morgan fingerprint density at radius 1 is 0.882 bits per heavy atom. The smallest absolute Gasteiger partial charge is 0.326 e. The van der Waals surface area contributed by atoms with Gasteiger partial charge in [0.1, 0.15) is 0 Å². The van der Waals surface area contributed by atoms with E-state index in [1.807, 2.05) is 6.07 Å². The van der Waals surface area contributed by atoms with Crippen LogP contribution in [0.4, 0.5) is 4.79 Å². The third-order valence-electron chi connectivity index (χ3n) is 4.91. The van der Waals surface area contributed by atoms with Gasteiger partial charge in [0.15, 0.2) is 11.5 Å². The molecule has 0 bridgehead atoms. The van der Waals surface area contributed by atoms with Gasteiger partial charge in [0.2, 0.25) is 5.75 Å². The molecule has 3 N–H and O–H groups in total. The van der Waals surface area contributed by atoms with Crippen LogP contribution in [0.1, 0.15) is 20.7 Å². The van der Waals surface area contributed by atoms with Crippen LogP contribution in [0.2, 0.25) is 0 Å². The summed E-state index contributed by atoms with van der Waals surface area (Å²) in [6.45, 7) is 0. The topological polar surface area (TPSA) is 115 Å². The molecule has 2 atom stereocenters. The maximum atomic E-state index is 12.6. The molecule has 0 saturated carbocycles. The summed E-state index contributed by atoms with van der Waals surface area (Å²) in [5.74, 6) is -0.112. The molecule has 178 valence electrons. The molecule has 1 aliphatic rings. The molecular formula is C24H24ClN3O6. The summed E-state index contributed by atoms with van der Waals surface area (Å²) >= 11 is 6.30. The lowest BCUT2D eigenvalue weighted by Gasteiger charge is -2.23. The average molecular weight is 486 g/mol. The number of carbonyl (C=O) groups excluding carboxylic acids is 3. The third-order valence-corrected chi connectivity index (χ3v) is 5.32. The zero-order valence-corrected chi connectivity index (χ0v) is 19.5. The Bertz CT molecular complexity index is 1110. The maximum absolute atomic E-state index is 12.6. The average Bonchev–Trinajstić information content (AvgIpc) is 2.85. The van der Waals surface area contributed by atoms with Crippen LogP contribution >= 0.6 is 11.6 Å². The Labute approximate surface area is 201 Å². The van der Waals surface area contributed by atoms with Crippen molar-refractivity contribution < 1.29 is 28.6 Å². The van der Waals surface area contributed by atoms with Gasteiger partial charge in [0.05, 0.1) is 32.7 Å². The van der Waals surface area contributed by atoms with Crippen LogP contribution in [0.25, 0.3) is 0 Å². The lowest BCUT2D eigenvalue weighted by molar-refractivity contribution is 0.0942. The highest BCUT2D eigenvalue weighted by Gasteiger charge is 2.23. The van der Waals surface area contributed by atoms with Gasteiger partial charge in [-0.2, -0.15) is 0 Å². The second-order valence-electron chi connectivity index (χ2n) is 7.11. The summed E-state index contributed by atoms with van der Waals surface area (Å²) in [7, 11) is 4.29. The number of carbonyl (C=O) groups is 3. The van der Waals surface area contributed by atoms with E-state index < -0.39 is 23.4 Å². The van der Waals surface area contributed by atoms with E-state index in [2.05, 4.69) is 16.0 Å². The van der Waals surface area contributed by atoms with Gasteiger partial charge >= 0.3 is 6.03 Å². The minimum Gasteiger partial charge on any atom is -0.493 e. The molecule has 0 spiro atoms. The standard InChI is InChI=1S/C24H24ClN3O6/c1-32-19-11-15(12-20(33-2)21(19)34-3)23(30)28-24(31)26-16-9-10-17(25)18(13-16)27-22(29)14-7-5-4-6-8-14/h4-13,17-18H,1-3H3,(H,27,29)(H2,26,28,30,31). The molecule has 0 heterocycles. The van der Waals surface area contributed by atoms with Gasteiger partial charge in [0, 0.05) is 16.8 Å². The molecule has 34 heavy (non-hydrogen) atoms. The van der Waals surface area contributed by atoms with Crippen molar-refractivity contribution in [2.75, 3.05) is 21.3 Å². The largest absolute Gasteiger partial charge is 0.493 e. The zero-order chi connectivity index (χ0) is 24.7. The third kappa shape index (κ3) is 5.87. The molecule has 3 rings (SSSR count). The van der Waals surface area contributed by atoms with Crippen LogP contribution in [0.5, 0.6) is 17.2 Å². The summed E-state index contributed by atoms with van der Waals surface area (Å²) in [4.78, 5) is 37.5. The lowest BCUT2D eigenvalue weighted by Crippen LogP contribution is -2.43. The van der Waals surface area contributed by atoms with E-state index in [-0.39, 0.29) is 23.0 Å². The summed E-state index contributed by atoms with van der Waals surface area (Å²) in [6, 6.07) is 10.2. The van der Waals surface area contributed by atoms with Crippen molar-refractivity contribution in [1.82, 2.24) is 16.0 Å². The number of nitrogens with one attached hydrogen (secondary N) is 3. The predicted octanol–water partition coefficient (Wildman–Crippen LogP) is 3.01. The van der Waals surface area contributed by atoms with Crippen molar-refractivity contribution in [2.24, 2.45) is 0 Å². The molecule has 1 aliphatic carbocycles. The Balaban J connectivity index is 1.67. The molecule has 0 fully saturated rings. The van der Waals surface area contributed by atoms with E-state index in [1.165, 1.54) is 33.5 Å². The van der Waals surface area contributed by atoms with Crippen LogP contribution < -0.4 is 30.2 Å². The highest BCUT2D eigenvalue weighted by atomic mass is 35.5. The Morgan fingerprint density at radius 3 is 2.12 bits per heavy atom. The van der Waals surface area contributed by atoms with Crippen molar-refractivity contribution in [3.8, 4) is 17.2 Å². The molecule has 2 aromatic carbocycles. The fourth-order valence-corrected chi connectivity index (χ4v) is 3.44. The van der Waals surface area contributed by atoms with Crippen LogP contribution in [-0.2, 0) is 0 Å². The first-order chi connectivity index (χ1) is 16.4. The predicted molar refractivity (Wildman–Crippen MR) is 127 cm³/mol. The van der Waals surface area contributed by atoms with Gasteiger partial charge in [-0.05, 0) is 36.4 Å². The molecule has 0 aliphatic heterocycles. The molecule has 10 heteroatoms. The van der Waals surface area contributed by atoms with Crippen LogP contribution in [0, 0.1) is 0 Å². The lowest BCUT2D eigenvalue weighted by atomic mass is 10.1. The highest BCUT2D eigenvalue weighted by Crippen LogP contribution is 2.38. The van der Waals surface area contributed by atoms with Gasteiger partial charge in [-0.25, -0.2) is 4.79 Å². The Kier molecular flexibility index (Phi) is 8.15. The van der Waals surface area contributed by atoms with Crippen molar-refractivity contribution in [3.05, 3.63) is 77.5 Å². The molecule has 4 amide bonds. The summed E-state index contributed by atoms with van der Waals surface area (Å²) < 4.78 is 15.7. The molecule has 2 unspecified atom stereocenters.